The summed E-state index contributed by atoms with van der Waals surface area (Å²) in [5, 5.41) is 4.38. The van der Waals surface area contributed by atoms with Crippen molar-refractivity contribution in [3.05, 3.63) is 28.3 Å². The molecule has 0 heterocycles. The molecule has 1 N–H and O–H groups in total. The van der Waals surface area contributed by atoms with E-state index in [4.69, 9.17) is 16.3 Å². The molecule has 3 heteroatoms. The van der Waals surface area contributed by atoms with Crippen LogP contribution in [0.25, 0.3) is 0 Å². The fourth-order valence-electron chi connectivity index (χ4n) is 2.18. The van der Waals surface area contributed by atoms with Crippen molar-refractivity contribution in [1.29, 1.82) is 0 Å². The second-order valence-corrected chi connectivity index (χ2v) is 5.89. The molecular formula is C16H24ClNO. The van der Waals surface area contributed by atoms with Crippen LogP contribution in [0.5, 0.6) is 5.75 Å². The minimum atomic E-state index is 0.796. The van der Waals surface area contributed by atoms with E-state index in [9.17, 15) is 0 Å². The van der Waals surface area contributed by atoms with E-state index in [-0.39, 0.29) is 0 Å². The van der Waals surface area contributed by atoms with Crippen LogP contribution < -0.4 is 10.1 Å². The lowest BCUT2D eigenvalue weighted by atomic mass is 10.1. The standard InChI is InChI=1S/C16H24ClNO/c1-12-10-15(11-13(2)16(12)17)19-9-5-3-4-8-18-14-6-7-14/h10-11,14,18H,3-9H2,1-2H3. The van der Waals surface area contributed by atoms with E-state index in [1.165, 1.54) is 25.7 Å². The van der Waals surface area contributed by atoms with Crippen molar-refractivity contribution in [2.75, 3.05) is 13.2 Å². The van der Waals surface area contributed by atoms with Crippen LogP contribution in [0.4, 0.5) is 0 Å². The summed E-state index contributed by atoms with van der Waals surface area (Å²) in [6, 6.07) is 4.87. The van der Waals surface area contributed by atoms with Gasteiger partial charge in [0.1, 0.15) is 5.75 Å². The van der Waals surface area contributed by atoms with Gasteiger partial charge in [0.05, 0.1) is 6.61 Å². The van der Waals surface area contributed by atoms with Gasteiger partial charge < -0.3 is 10.1 Å². The van der Waals surface area contributed by atoms with Crippen LogP contribution in [0.3, 0.4) is 0 Å². The third-order valence-electron chi connectivity index (χ3n) is 3.51. The predicted octanol–water partition coefficient (Wildman–Crippen LogP) is 4.26. The molecule has 0 bridgehead atoms. The molecule has 106 valence electrons. The Kier molecular flexibility index (Phi) is 5.53. The Morgan fingerprint density at radius 2 is 1.84 bits per heavy atom. The van der Waals surface area contributed by atoms with Gasteiger partial charge in [-0.15, -0.1) is 0 Å². The molecule has 2 rings (SSSR count). The molecule has 0 aromatic heterocycles. The highest BCUT2D eigenvalue weighted by Crippen LogP contribution is 2.26. The van der Waals surface area contributed by atoms with Crippen molar-refractivity contribution in [2.24, 2.45) is 0 Å². The lowest BCUT2D eigenvalue weighted by Gasteiger charge is -2.10. The molecule has 1 aliphatic rings. The molecule has 1 aromatic rings. The SMILES string of the molecule is Cc1cc(OCCCCCNC2CC2)cc(C)c1Cl. The van der Waals surface area contributed by atoms with Gasteiger partial charge in [-0.1, -0.05) is 11.6 Å². The van der Waals surface area contributed by atoms with E-state index in [1.807, 2.05) is 26.0 Å². The summed E-state index contributed by atoms with van der Waals surface area (Å²) in [5.74, 6) is 0.940. The monoisotopic (exact) mass is 281 g/mol. The maximum atomic E-state index is 6.14. The third kappa shape index (κ3) is 5.04. The van der Waals surface area contributed by atoms with E-state index < -0.39 is 0 Å². The Balaban J connectivity index is 1.59. The van der Waals surface area contributed by atoms with E-state index >= 15 is 0 Å². The lowest BCUT2D eigenvalue weighted by Crippen LogP contribution is -2.17. The highest BCUT2D eigenvalue weighted by molar-refractivity contribution is 6.32. The van der Waals surface area contributed by atoms with Crippen molar-refractivity contribution < 1.29 is 4.74 Å². The van der Waals surface area contributed by atoms with Crippen LogP contribution in [-0.4, -0.2) is 19.2 Å². The average Bonchev–Trinajstić information content (AvgIpc) is 3.18. The lowest BCUT2D eigenvalue weighted by molar-refractivity contribution is 0.304. The number of nitrogens with one attached hydrogen (secondary N) is 1. The molecule has 0 saturated heterocycles. The van der Waals surface area contributed by atoms with E-state index in [0.717, 1.165) is 47.5 Å². The quantitative estimate of drug-likeness (QED) is 0.719. The zero-order chi connectivity index (χ0) is 13.7. The molecule has 1 aromatic carbocycles. The first kappa shape index (κ1) is 14.7. The Morgan fingerprint density at radius 3 is 2.47 bits per heavy atom. The largest absolute Gasteiger partial charge is 0.494 e. The number of halogens is 1. The second kappa shape index (κ2) is 7.16. The first-order chi connectivity index (χ1) is 9.16. The van der Waals surface area contributed by atoms with Crippen LogP contribution in [0.1, 0.15) is 43.2 Å². The van der Waals surface area contributed by atoms with Gasteiger partial charge in [-0.3, -0.25) is 0 Å². The smallest absolute Gasteiger partial charge is 0.119 e. The molecule has 0 spiro atoms. The summed E-state index contributed by atoms with van der Waals surface area (Å²) in [7, 11) is 0. The molecule has 2 nitrogen and oxygen atoms in total. The van der Waals surface area contributed by atoms with Gasteiger partial charge >= 0.3 is 0 Å². The molecule has 0 atom stereocenters. The third-order valence-corrected chi connectivity index (χ3v) is 4.11. The first-order valence-electron chi connectivity index (χ1n) is 7.30. The number of hydrogen-bond donors (Lipinski definition) is 1. The van der Waals surface area contributed by atoms with E-state index in [2.05, 4.69) is 5.32 Å². The van der Waals surface area contributed by atoms with Gasteiger partial charge in [-0.2, -0.15) is 0 Å². The molecule has 1 aliphatic carbocycles. The van der Waals surface area contributed by atoms with Crippen LogP contribution >= 0.6 is 11.6 Å². The summed E-state index contributed by atoms with van der Waals surface area (Å²) in [6.45, 7) is 5.99. The van der Waals surface area contributed by atoms with Crippen molar-refractivity contribution in [3.8, 4) is 5.75 Å². The molecule has 19 heavy (non-hydrogen) atoms. The Morgan fingerprint density at radius 1 is 1.16 bits per heavy atom. The zero-order valence-corrected chi connectivity index (χ0v) is 12.7. The van der Waals surface area contributed by atoms with Gasteiger partial charge in [0.2, 0.25) is 0 Å². The molecule has 1 saturated carbocycles. The van der Waals surface area contributed by atoms with Gasteiger partial charge in [-0.05, 0) is 75.8 Å². The molecular weight excluding hydrogens is 258 g/mol. The Hall–Kier alpha value is -0.730. The first-order valence-corrected chi connectivity index (χ1v) is 7.67. The number of unbranched alkanes of at least 4 members (excludes halogenated alkanes) is 2. The fraction of sp³-hybridized carbons (Fsp3) is 0.625. The number of benzene rings is 1. The fourth-order valence-corrected chi connectivity index (χ4v) is 2.29. The Bertz CT molecular complexity index is 392. The Labute approximate surface area is 121 Å². The van der Waals surface area contributed by atoms with Gasteiger partial charge in [0.25, 0.3) is 0 Å². The van der Waals surface area contributed by atoms with Gasteiger partial charge in [0, 0.05) is 11.1 Å². The van der Waals surface area contributed by atoms with Crippen molar-refractivity contribution in [2.45, 2.75) is 52.0 Å². The highest BCUT2D eigenvalue weighted by atomic mass is 35.5. The number of rotatable bonds is 8. The minimum absolute atomic E-state index is 0.796. The van der Waals surface area contributed by atoms with Crippen LogP contribution in [0.2, 0.25) is 5.02 Å². The summed E-state index contributed by atoms with van der Waals surface area (Å²) < 4.78 is 5.78. The summed E-state index contributed by atoms with van der Waals surface area (Å²) >= 11 is 6.14. The molecule has 0 aliphatic heterocycles. The number of aryl methyl sites for hydroxylation is 2. The molecule has 0 unspecified atom stereocenters. The van der Waals surface area contributed by atoms with E-state index in [0.29, 0.717) is 0 Å². The average molecular weight is 282 g/mol. The topological polar surface area (TPSA) is 21.3 Å². The zero-order valence-electron chi connectivity index (χ0n) is 12.0. The van der Waals surface area contributed by atoms with Gasteiger partial charge in [0.15, 0.2) is 0 Å². The maximum Gasteiger partial charge on any atom is 0.119 e. The normalized spacial score (nSPS) is 14.7. The predicted molar refractivity (Wildman–Crippen MR) is 81.3 cm³/mol. The number of hydrogen-bond acceptors (Lipinski definition) is 2. The van der Waals surface area contributed by atoms with Crippen LogP contribution in [-0.2, 0) is 0 Å². The number of ether oxygens (including phenoxy) is 1. The molecule has 0 radical (unpaired) electrons. The summed E-state index contributed by atoms with van der Waals surface area (Å²) in [4.78, 5) is 0. The van der Waals surface area contributed by atoms with Crippen LogP contribution in [0.15, 0.2) is 12.1 Å². The van der Waals surface area contributed by atoms with Crippen molar-refractivity contribution in [1.82, 2.24) is 5.32 Å². The van der Waals surface area contributed by atoms with E-state index in [1.54, 1.807) is 0 Å². The van der Waals surface area contributed by atoms with Gasteiger partial charge in [-0.25, -0.2) is 0 Å². The second-order valence-electron chi connectivity index (χ2n) is 5.51. The van der Waals surface area contributed by atoms with Crippen molar-refractivity contribution >= 4 is 11.6 Å². The van der Waals surface area contributed by atoms with Crippen LogP contribution in [0, 0.1) is 13.8 Å². The van der Waals surface area contributed by atoms with Crippen molar-refractivity contribution in [3.63, 3.8) is 0 Å². The summed E-state index contributed by atoms with van der Waals surface area (Å²) in [6.07, 6.45) is 6.34. The highest BCUT2D eigenvalue weighted by Gasteiger charge is 2.19. The molecule has 0 amide bonds. The summed E-state index contributed by atoms with van der Waals surface area (Å²) in [5.41, 5.74) is 2.18. The minimum Gasteiger partial charge on any atom is -0.494 e. The molecule has 1 fully saturated rings. The maximum absolute atomic E-state index is 6.14.